The van der Waals surface area contributed by atoms with Crippen LogP contribution in [-0.4, -0.2) is 18.6 Å². The van der Waals surface area contributed by atoms with Crippen LogP contribution in [-0.2, 0) is 0 Å². The Labute approximate surface area is 115 Å². The zero-order valence-electron chi connectivity index (χ0n) is 11.5. The number of hydrogen-bond donors (Lipinski definition) is 1. The number of nitrogens with two attached hydrogens (primary N) is 1. The molecule has 1 atom stereocenters. The smallest absolute Gasteiger partial charge is 0.0455 e. The van der Waals surface area contributed by atoms with Crippen molar-refractivity contribution in [2.45, 2.75) is 39.2 Å². The molecular weight excluding hydrogens is 244 g/mol. The van der Waals surface area contributed by atoms with E-state index in [1.165, 1.54) is 24.1 Å². The molecule has 1 aliphatic rings. The average Bonchev–Trinajstić information content (AvgIpc) is 2.33. The largest absolute Gasteiger partial charge is 0.366 e. The van der Waals surface area contributed by atoms with Crippen molar-refractivity contribution in [1.82, 2.24) is 0 Å². The number of benzene rings is 1. The maximum absolute atomic E-state index is 6.25. The van der Waals surface area contributed by atoms with Gasteiger partial charge in [-0.25, -0.2) is 0 Å². The van der Waals surface area contributed by atoms with Crippen LogP contribution in [0.3, 0.4) is 0 Å². The molecular formula is C15H23ClN2. The third-order valence-corrected chi connectivity index (χ3v) is 4.61. The second-order valence-corrected chi connectivity index (χ2v) is 6.35. The van der Waals surface area contributed by atoms with E-state index >= 15 is 0 Å². The Bertz CT molecular complexity index is 429. The highest BCUT2D eigenvalue weighted by Crippen LogP contribution is 2.37. The molecule has 2 nitrogen and oxygen atoms in total. The van der Waals surface area contributed by atoms with Crippen molar-refractivity contribution in [2.75, 3.05) is 18.0 Å². The molecule has 1 aromatic carbocycles. The number of hydrogen-bond acceptors (Lipinski definition) is 2. The predicted molar refractivity (Wildman–Crippen MR) is 79.4 cm³/mol. The summed E-state index contributed by atoms with van der Waals surface area (Å²) in [4.78, 5) is 2.48. The Morgan fingerprint density at radius 2 is 2.17 bits per heavy atom. The van der Waals surface area contributed by atoms with Gasteiger partial charge in [-0.15, -0.1) is 0 Å². The molecule has 1 unspecified atom stereocenters. The van der Waals surface area contributed by atoms with Crippen LogP contribution in [0.5, 0.6) is 0 Å². The number of halogens is 1. The van der Waals surface area contributed by atoms with Crippen LogP contribution in [0.2, 0.25) is 5.02 Å². The quantitative estimate of drug-likeness (QED) is 0.886. The Hall–Kier alpha value is -0.730. The first-order chi connectivity index (χ1) is 8.45. The average molecular weight is 267 g/mol. The second-order valence-electron chi connectivity index (χ2n) is 5.95. The van der Waals surface area contributed by atoms with E-state index in [0.29, 0.717) is 5.92 Å². The van der Waals surface area contributed by atoms with Crippen LogP contribution >= 0.6 is 11.6 Å². The van der Waals surface area contributed by atoms with Crippen LogP contribution in [0.15, 0.2) is 18.2 Å². The maximum atomic E-state index is 6.25. The molecule has 100 valence electrons. The van der Waals surface area contributed by atoms with Gasteiger partial charge in [0.05, 0.1) is 0 Å². The molecule has 18 heavy (non-hydrogen) atoms. The summed E-state index contributed by atoms with van der Waals surface area (Å²) in [6.45, 7) is 8.51. The molecule has 2 rings (SSSR count). The molecule has 1 fully saturated rings. The topological polar surface area (TPSA) is 29.3 Å². The molecule has 3 heteroatoms. The fourth-order valence-corrected chi connectivity index (χ4v) is 2.96. The Balaban J connectivity index is 2.36. The molecule has 0 saturated carbocycles. The predicted octanol–water partition coefficient (Wildman–Crippen LogP) is 3.60. The SMILES string of the molecule is Cc1c(Cl)cccc1N1CC(CN)CCC1(C)C. The molecule has 0 amide bonds. The van der Waals surface area contributed by atoms with Gasteiger partial charge in [-0.05, 0) is 63.8 Å². The summed E-state index contributed by atoms with van der Waals surface area (Å²) in [7, 11) is 0. The van der Waals surface area contributed by atoms with Gasteiger partial charge in [0.1, 0.15) is 0 Å². The summed E-state index contributed by atoms with van der Waals surface area (Å²) in [5.74, 6) is 0.594. The number of anilines is 1. The third kappa shape index (κ3) is 2.50. The number of nitrogens with zero attached hydrogens (tertiary/aromatic N) is 1. The summed E-state index contributed by atoms with van der Waals surface area (Å²) in [5, 5.41) is 0.846. The highest BCUT2D eigenvalue weighted by molar-refractivity contribution is 6.31. The number of rotatable bonds is 2. The molecule has 0 aromatic heterocycles. The second kappa shape index (κ2) is 5.10. The number of piperidine rings is 1. The molecule has 0 aliphatic carbocycles. The van der Waals surface area contributed by atoms with Crippen LogP contribution in [0.1, 0.15) is 32.3 Å². The van der Waals surface area contributed by atoms with Crippen molar-refractivity contribution in [1.29, 1.82) is 0 Å². The highest BCUT2D eigenvalue weighted by atomic mass is 35.5. The van der Waals surface area contributed by atoms with Gasteiger partial charge >= 0.3 is 0 Å². The van der Waals surface area contributed by atoms with Gasteiger partial charge in [-0.2, -0.15) is 0 Å². The third-order valence-electron chi connectivity index (χ3n) is 4.20. The van der Waals surface area contributed by atoms with Gasteiger partial charge in [-0.3, -0.25) is 0 Å². The lowest BCUT2D eigenvalue weighted by Gasteiger charge is -2.47. The van der Waals surface area contributed by atoms with Crippen LogP contribution < -0.4 is 10.6 Å². The van der Waals surface area contributed by atoms with E-state index in [9.17, 15) is 0 Å². The van der Waals surface area contributed by atoms with E-state index in [0.717, 1.165) is 18.1 Å². The van der Waals surface area contributed by atoms with Crippen molar-refractivity contribution >= 4 is 17.3 Å². The van der Waals surface area contributed by atoms with Crippen LogP contribution in [0, 0.1) is 12.8 Å². The van der Waals surface area contributed by atoms with Crippen molar-refractivity contribution in [3.63, 3.8) is 0 Å². The van der Waals surface area contributed by atoms with E-state index in [4.69, 9.17) is 17.3 Å². The Morgan fingerprint density at radius 3 is 2.83 bits per heavy atom. The molecule has 1 aliphatic heterocycles. The summed E-state index contributed by atoms with van der Waals surface area (Å²) < 4.78 is 0. The fourth-order valence-electron chi connectivity index (χ4n) is 2.79. The van der Waals surface area contributed by atoms with E-state index in [1.807, 2.05) is 12.1 Å². The van der Waals surface area contributed by atoms with E-state index in [2.05, 4.69) is 31.7 Å². The molecule has 2 N–H and O–H groups in total. The lowest BCUT2D eigenvalue weighted by Crippen LogP contribution is -2.52. The summed E-state index contributed by atoms with van der Waals surface area (Å²) >= 11 is 6.25. The minimum Gasteiger partial charge on any atom is -0.366 e. The minimum atomic E-state index is 0.182. The minimum absolute atomic E-state index is 0.182. The molecule has 0 radical (unpaired) electrons. The van der Waals surface area contributed by atoms with Gasteiger partial charge in [0.15, 0.2) is 0 Å². The first-order valence-electron chi connectivity index (χ1n) is 6.68. The van der Waals surface area contributed by atoms with Gasteiger partial charge in [-0.1, -0.05) is 17.7 Å². The van der Waals surface area contributed by atoms with Crippen LogP contribution in [0.4, 0.5) is 5.69 Å². The standard InChI is InChI=1S/C15H23ClN2/c1-11-13(16)5-4-6-14(11)18-10-12(9-17)7-8-15(18,2)3/h4-6,12H,7-10,17H2,1-3H3. The maximum Gasteiger partial charge on any atom is 0.0455 e. The van der Waals surface area contributed by atoms with Crippen molar-refractivity contribution in [3.05, 3.63) is 28.8 Å². The monoisotopic (exact) mass is 266 g/mol. The zero-order chi connectivity index (χ0) is 13.3. The molecule has 1 heterocycles. The lowest BCUT2D eigenvalue weighted by molar-refractivity contribution is 0.294. The van der Waals surface area contributed by atoms with Gasteiger partial charge in [0.2, 0.25) is 0 Å². The van der Waals surface area contributed by atoms with Crippen molar-refractivity contribution in [2.24, 2.45) is 11.7 Å². The summed E-state index contributed by atoms with van der Waals surface area (Å²) in [6.07, 6.45) is 2.40. The van der Waals surface area contributed by atoms with Crippen molar-refractivity contribution < 1.29 is 0 Å². The van der Waals surface area contributed by atoms with Crippen molar-refractivity contribution in [3.8, 4) is 0 Å². The lowest BCUT2D eigenvalue weighted by atomic mass is 9.84. The van der Waals surface area contributed by atoms with E-state index < -0.39 is 0 Å². The fraction of sp³-hybridized carbons (Fsp3) is 0.600. The molecule has 1 saturated heterocycles. The molecule has 1 aromatic rings. The zero-order valence-corrected chi connectivity index (χ0v) is 12.3. The summed E-state index contributed by atoms with van der Waals surface area (Å²) in [5.41, 5.74) is 8.46. The first kappa shape index (κ1) is 13.7. The van der Waals surface area contributed by atoms with Gasteiger partial charge < -0.3 is 10.6 Å². The van der Waals surface area contributed by atoms with Crippen LogP contribution in [0.25, 0.3) is 0 Å². The van der Waals surface area contributed by atoms with Gasteiger partial charge in [0, 0.05) is 22.8 Å². The normalized spacial score (nSPS) is 23.2. The molecule has 0 spiro atoms. The molecule has 0 bridgehead atoms. The Kier molecular flexibility index (Phi) is 3.88. The van der Waals surface area contributed by atoms with E-state index in [-0.39, 0.29) is 5.54 Å². The Morgan fingerprint density at radius 1 is 1.44 bits per heavy atom. The first-order valence-corrected chi connectivity index (χ1v) is 7.06. The summed E-state index contributed by atoms with van der Waals surface area (Å²) in [6, 6.07) is 6.16. The van der Waals surface area contributed by atoms with Gasteiger partial charge in [0.25, 0.3) is 0 Å². The van der Waals surface area contributed by atoms with E-state index in [1.54, 1.807) is 0 Å². The highest BCUT2D eigenvalue weighted by Gasteiger charge is 2.34.